The van der Waals surface area contributed by atoms with Gasteiger partial charge in [-0.25, -0.2) is 9.79 Å². The van der Waals surface area contributed by atoms with Gasteiger partial charge in [-0.15, -0.1) is 0 Å². The Morgan fingerprint density at radius 2 is 1.97 bits per heavy atom. The molecule has 2 aromatic carbocycles. The molecule has 3 rings (SSSR count). The number of para-hydroxylation sites is 1. The first-order chi connectivity index (χ1) is 13.9. The maximum Gasteiger partial charge on any atom is 0.344 e. The van der Waals surface area contributed by atoms with Crippen molar-refractivity contribution in [3.63, 3.8) is 0 Å². The fraction of sp³-hybridized carbons (Fsp3) is 0.182. The Morgan fingerprint density at radius 3 is 2.66 bits per heavy atom. The molecule has 0 fully saturated rings. The molecule has 7 heteroatoms. The summed E-state index contributed by atoms with van der Waals surface area (Å²) in [5, 5.41) is 21.2. The first kappa shape index (κ1) is 20.5. The van der Waals surface area contributed by atoms with Crippen LogP contribution in [0.3, 0.4) is 0 Å². The number of aliphatic imine (C=N–C) groups is 1. The lowest BCUT2D eigenvalue weighted by Gasteiger charge is -2.05. The molecule has 0 saturated carbocycles. The molecule has 0 saturated heterocycles. The third-order valence-corrected chi connectivity index (χ3v) is 5.25. The number of phenolic OH excluding ortho intramolecular Hbond substituents is 1. The number of rotatable bonds is 5. The van der Waals surface area contributed by atoms with Crippen molar-refractivity contribution in [1.82, 2.24) is 0 Å². The van der Waals surface area contributed by atoms with Gasteiger partial charge in [-0.2, -0.15) is 0 Å². The highest BCUT2D eigenvalue weighted by Crippen LogP contribution is 2.41. The van der Waals surface area contributed by atoms with Crippen LogP contribution in [-0.4, -0.2) is 34.9 Å². The number of carbonyl (C=O) groups excluding carboxylic acids is 1. The monoisotopic (exact) mass is 411 g/mol. The molecule has 0 atom stereocenters. The predicted molar refractivity (Wildman–Crippen MR) is 115 cm³/mol. The third kappa shape index (κ3) is 4.46. The molecule has 29 heavy (non-hydrogen) atoms. The number of aryl methyl sites for hydroxylation is 1. The number of methoxy groups -OCH3 is 1. The second-order valence-electron chi connectivity index (χ2n) is 6.18. The van der Waals surface area contributed by atoms with Crippen molar-refractivity contribution in [2.24, 2.45) is 4.99 Å². The number of hydrogen-bond donors (Lipinski definition) is 2. The minimum atomic E-state index is -0.650. The first-order valence-corrected chi connectivity index (χ1v) is 9.78. The zero-order chi connectivity index (χ0) is 21.0. The van der Waals surface area contributed by atoms with Crippen molar-refractivity contribution in [2.75, 3.05) is 13.7 Å². The summed E-state index contributed by atoms with van der Waals surface area (Å²) in [7, 11) is 1.52. The fourth-order valence-corrected chi connectivity index (χ4v) is 3.73. The van der Waals surface area contributed by atoms with Gasteiger partial charge < -0.3 is 19.7 Å². The van der Waals surface area contributed by atoms with Gasteiger partial charge in [-0.3, -0.25) is 0 Å². The predicted octanol–water partition coefficient (Wildman–Crippen LogP) is 4.90. The second-order valence-corrected chi connectivity index (χ2v) is 7.21. The summed E-state index contributed by atoms with van der Waals surface area (Å²) in [6, 6.07) is 12.3. The molecule has 0 aromatic heterocycles. The summed E-state index contributed by atoms with van der Waals surface area (Å²) in [4.78, 5) is 17.4. The molecule has 6 nitrogen and oxygen atoms in total. The summed E-state index contributed by atoms with van der Waals surface area (Å²) in [5.74, 6) is -0.305. The Bertz CT molecular complexity index is 1040. The van der Waals surface area contributed by atoms with Gasteiger partial charge in [0.05, 0.1) is 24.3 Å². The molecule has 0 aliphatic carbocycles. The number of thioether (sulfide) groups is 1. The van der Waals surface area contributed by atoms with Crippen molar-refractivity contribution >= 4 is 34.5 Å². The smallest absolute Gasteiger partial charge is 0.344 e. The quantitative estimate of drug-likeness (QED) is 0.680. The van der Waals surface area contributed by atoms with E-state index in [1.54, 1.807) is 25.1 Å². The summed E-state index contributed by atoms with van der Waals surface area (Å²) < 4.78 is 10.3. The van der Waals surface area contributed by atoms with Gasteiger partial charge in [0.2, 0.25) is 0 Å². The van der Waals surface area contributed by atoms with E-state index in [9.17, 15) is 15.0 Å². The van der Waals surface area contributed by atoms with E-state index in [0.29, 0.717) is 26.9 Å². The third-order valence-electron chi connectivity index (χ3n) is 4.23. The van der Waals surface area contributed by atoms with E-state index >= 15 is 0 Å². The largest absolute Gasteiger partial charge is 0.507 e. The van der Waals surface area contributed by atoms with Gasteiger partial charge in [-0.1, -0.05) is 30.0 Å². The van der Waals surface area contributed by atoms with Crippen molar-refractivity contribution in [3.05, 3.63) is 69.8 Å². The maximum absolute atomic E-state index is 12.5. The summed E-state index contributed by atoms with van der Waals surface area (Å²) >= 11 is 1.14. The van der Waals surface area contributed by atoms with Crippen LogP contribution in [0.4, 0.5) is 5.69 Å². The van der Waals surface area contributed by atoms with Gasteiger partial charge >= 0.3 is 5.97 Å². The lowest BCUT2D eigenvalue weighted by molar-refractivity contribution is -0.138. The summed E-state index contributed by atoms with van der Waals surface area (Å²) in [6.45, 7) is 3.78. The average Bonchev–Trinajstić information content (AvgIpc) is 3.00. The van der Waals surface area contributed by atoms with E-state index in [4.69, 9.17) is 9.47 Å². The number of carbonyl (C=O) groups is 1. The number of nitrogens with zero attached hydrogens (tertiary/aromatic N) is 1. The van der Waals surface area contributed by atoms with Gasteiger partial charge in [0, 0.05) is 5.56 Å². The standard InChI is InChI=1S/C22H21NO5S/c1-4-28-22(26)19-20(25)18(12-14-11-15(27-3)9-10-17(14)24)29-21(19)23-16-8-6-5-7-13(16)2/h5-12,24-25H,4H2,1-3H3/b18-12+,23-21?. The SMILES string of the molecule is CCOC(=O)C1=C(O)/C(=C\c2cc(OC)ccc2O)SC1=Nc1ccccc1C. The summed E-state index contributed by atoms with van der Waals surface area (Å²) in [5.41, 5.74) is 2.08. The van der Waals surface area contributed by atoms with E-state index in [-0.39, 0.29) is 23.7 Å². The Kier molecular flexibility index (Phi) is 6.29. The molecular weight excluding hydrogens is 390 g/mol. The van der Waals surface area contributed by atoms with Crippen LogP contribution < -0.4 is 4.74 Å². The van der Waals surface area contributed by atoms with E-state index in [1.165, 1.54) is 13.2 Å². The van der Waals surface area contributed by atoms with Crippen LogP contribution in [0.25, 0.3) is 6.08 Å². The molecule has 0 unspecified atom stereocenters. The van der Waals surface area contributed by atoms with Crippen LogP contribution in [0, 0.1) is 6.92 Å². The zero-order valence-corrected chi connectivity index (χ0v) is 17.1. The number of hydrogen-bond acceptors (Lipinski definition) is 7. The highest BCUT2D eigenvalue weighted by atomic mass is 32.2. The molecular formula is C22H21NO5S. The molecule has 1 heterocycles. The minimum absolute atomic E-state index is 0.00809. The van der Waals surface area contributed by atoms with Crippen LogP contribution in [0.1, 0.15) is 18.1 Å². The number of aliphatic hydroxyl groups is 1. The van der Waals surface area contributed by atoms with Crippen molar-refractivity contribution in [1.29, 1.82) is 0 Å². The number of benzene rings is 2. The van der Waals surface area contributed by atoms with E-state index in [0.717, 1.165) is 17.3 Å². The molecule has 1 aliphatic rings. The normalized spacial score (nSPS) is 16.5. The van der Waals surface area contributed by atoms with Crippen molar-refractivity contribution in [3.8, 4) is 11.5 Å². The molecule has 1 aliphatic heterocycles. The molecule has 0 amide bonds. The molecule has 150 valence electrons. The van der Waals surface area contributed by atoms with Crippen LogP contribution in [0.5, 0.6) is 11.5 Å². The molecule has 0 radical (unpaired) electrons. The van der Waals surface area contributed by atoms with Crippen LogP contribution in [-0.2, 0) is 9.53 Å². The zero-order valence-electron chi connectivity index (χ0n) is 16.3. The summed E-state index contributed by atoms with van der Waals surface area (Å²) in [6.07, 6.45) is 1.58. The number of esters is 1. The highest BCUT2D eigenvalue weighted by molar-refractivity contribution is 8.18. The van der Waals surface area contributed by atoms with Gasteiger partial charge in [-0.05, 0) is 49.8 Å². The van der Waals surface area contributed by atoms with E-state index in [1.807, 2.05) is 31.2 Å². The Balaban J connectivity index is 2.09. The fourth-order valence-electron chi connectivity index (χ4n) is 2.71. The van der Waals surface area contributed by atoms with Crippen LogP contribution in [0.2, 0.25) is 0 Å². The van der Waals surface area contributed by atoms with Crippen LogP contribution in [0.15, 0.2) is 63.7 Å². The Hall–Kier alpha value is -3.19. The van der Waals surface area contributed by atoms with Crippen molar-refractivity contribution in [2.45, 2.75) is 13.8 Å². The maximum atomic E-state index is 12.5. The van der Waals surface area contributed by atoms with E-state index < -0.39 is 5.97 Å². The van der Waals surface area contributed by atoms with Gasteiger partial charge in [0.1, 0.15) is 27.9 Å². The lowest BCUT2D eigenvalue weighted by Crippen LogP contribution is -2.12. The van der Waals surface area contributed by atoms with E-state index in [2.05, 4.69) is 4.99 Å². The second kappa shape index (κ2) is 8.87. The molecule has 0 bridgehead atoms. The first-order valence-electron chi connectivity index (χ1n) is 8.96. The minimum Gasteiger partial charge on any atom is -0.507 e. The molecule has 2 N–H and O–H groups in total. The van der Waals surface area contributed by atoms with Crippen molar-refractivity contribution < 1.29 is 24.5 Å². The lowest BCUT2D eigenvalue weighted by atomic mass is 10.1. The number of ether oxygens (including phenoxy) is 2. The highest BCUT2D eigenvalue weighted by Gasteiger charge is 2.33. The Morgan fingerprint density at radius 1 is 1.21 bits per heavy atom. The number of aromatic hydroxyl groups is 1. The molecule has 0 spiro atoms. The average molecular weight is 411 g/mol. The van der Waals surface area contributed by atoms with Gasteiger partial charge in [0.15, 0.2) is 0 Å². The van der Waals surface area contributed by atoms with Gasteiger partial charge in [0.25, 0.3) is 0 Å². The Labute approximate surface area is 173 Å². The molecule has 2 aromatic rings. The number of phenols is 1. The number of aliphatic hydroxyl groups excluding tert-OH is 1. The van der Waals surface area contributed by atoms with Crippen LogP contribution >= 0.6 is 11.8 Å². The topological polar surface area (TPSA) is 88.4 Å².